The summed E-state index contributed by atoms with van der Waals surface area (Å²) in [5.74, 6) is 0.855. The molecule has 11 heteroatoms. The number of hydrogen-bond acceptors (Lipinski definition) is 9. The topological polar surface area (TPSA) is 127 Å². The van der Waals surface area contributed by atoms with Crippen molar-refractivity contribution in [2.24, 2.45) is 5.92 Å². The zero-order valence-corrected chi connectivity index (χ0v) is 18.3. The molecule has 2 N–H and O–H groups in total. The fourth-order valence-corrected chi connectivity index (χ4v) is 4.84. The Hall–Kier alpha value is -2.13. The number of carbonyl (C=O) groups is 1. The number of anilines is 1. The van der Waals surface area contributed by atoms with Crippen molar-refractivity contribution in [2.45, 2.75) is 38.2 Å². The van der Waals surface area contributed by atoms with Crippen molar-refractivity contribution in [2.75, 3.05) is 37.9 Å². The largest absolute Gasteiger partial charge is 0.480 e. The van der Waals surface area contributed by atoms with Crippen LogP contribution in [0.2, 0.25) is 0 Å². The molecule has 1 atom stereocenters. The maximum atomic E-state index is 13.0. The lowest BCUT2D eigenvalue weighted by Gasteiger charge is -2.33. The Morgan fingerprint density at radius 3 is 2.74 bits per heavy atom. The number of aromatic nitrogens is 3. The van der Waals surface area contributed by atoms with Crippen molar-refractivity contribution in [1.29, 1.82) is 0 Å². The normalized spacial score (nSPS) is 20.0. The van der Waals surface area contributed by atoms with Gasteiger partial charge in [0.2, 0.25) is 5.88 Å². The van der Waals surface area contributed by atoms with Crippen molar-refractivity contribution >= 4 is 30.9 Å². The van der Waals surface area contributed by atoms with E-state index < -0.39 is 25.9 Å². The minimum atomic E-state index is -1.83. The molecule has 0 bridgehead atoms. The predicted molar refractivity (Wildman–Crippen MR) is 116 cm³/mol. The third-order valence-corrected chi connectivity index (χ3v) is 6.66. The van der Waals surface area contributed by atoms with Crippen LogP contribution in [0.3, 0.4) is 0 Å². The van der Waals surface area contributed by atoms with Crippen molar-refractivity contribution in [3.63, 3.8) is 0 Å². The van der Waals surface area contributed by atoms with Crippen LogP contribution in [0.15, 0.2) is 17.1 Å². The molecule has 1 unspecified atom stereocenters. The Balaban J connectivity index is 1.58. The Bertz CT molecular complexity index is 999. The second-order valence-electron chi connectivity index (χ2n) is 7.97. The standard InChI is InChI=1S/C20H27N4O6P/c1-29-18-17-14(12-21-24(20(17)26)19(25)15-3-2-9-30-15)11-16(22-18)23-7-4-13(5-8-23)6-10-31(27)28/h11-13,15,27-28H,2-10H2,1H3. The minimum absolute atomic E-state index is 0.169. The molecule has 2 aliphatic heterocycles. The van der Waals surface area contributed by atoms with Gasteiger partial charge in [-0.1, -0.05) is 0 Å². The average Bonchev–Trinajstić information content (AvgIpc) is 3.32. The van der Waals surface area contributed by atoms with Gasteiger partial charge in [-0.3, -0.25) is 9.59 Å². The fraction of sp³-hybridized carbons (Fsp3) is 0.600. The fourth-order valence-electron chi connectivity index (χ4n) is 4.25. The number of nitrogens with zero attached hydrogens (tertiary/aromatic N) is 4. The van der Waals surface area contributed by atoms with Crippen molar-refractivity contribution in [3.05, 3.63) is 22.6 Å². The van der Waals surface area contributed by atoms with E-state index in [4.69, 9.17) is 19.3 Å². The van der Waals surface area contributed by atoms with Crippen LogP contribution in [0.1, 0.15) is 36.9 Å². The quantitative estimate of drug-likeness (QED) is 0.630. The number of piperidine rings is 1. The summed E-state index contributed by atoms with van der Waals surface area (Å²) in [7, 11) is -0.383. The number of hydrogen-bond donors (Lipinski definition) is 2. The van der Waals surface area contributed by atoms with Crippen molar-refractivity contribution < 1.29 is 24.1 Å². The van der Waals surface area contributed by atoms with Crippen LogP contribution in [0.5, 0.6) is 5.88 Å². The van der Waals surface area contributed by atoms with Gasteiger partial charge in [0, 0.05) is 31.2 Å². The molecule has 2 aromatic rings. The average molecular weight is 450 g/mol. The summed E-state index contributed by atoms with van der Waals surface area (Å²) in [5, 5.41) is 4.88. The SMILES string of the molecule is COc1nc(N2CCC(CCP(O)O)CC2)cc2cnn(C(=O)C3CCCO3)c(=O)c12. The highest BCUT2D eigenvalue weighted by Gasteiger charge is 2.28. The molecule has 2 saturated heterocycles. The van der Waals surface area contributed by atoms with Crippen molar-refractivity contribution in [3.8, 4) is 5.88 Å². The monoisotopic (exact) mass is 450 g/mol. The summed E-state index contributed by atoms with van der Waals surface area (Å²) in [6.45, 7) is 2.07. The van der Waals surface area contributed by atoms with Gasteiger partial charge in [0.15, 0.2) is 8.38 Å². The van der Waals surface area contributed by atoms with Crippen molar-refractivity contribution in [1.82, 2.24) is 14.8 Å². The van der Waals surface area contributed by atoms with E-state index in [0.717, 1.165) is 43.5 Å². The number of methoxy groups -OCH3 is 1. The smallest absolute Gasteiger partial charge is 0.287 e. The number of pyridine rings is 1. The molecule has 0 spiro atoms. The minimum Gasteiger partial charge on any atom is -0.480 e. The maximum Gasteiger partial charge on any atom is 0.287 e. The van der Waals surface area contributed by atoms with Gasteiger partial charge in [0.05, 0.1) is 13.3 Å². The summed E-state index contributed by atoms with van der Waals surface area (Å²) < 4.78 is 11.7. The Labute approximate surface area is 180 Å². The Morgan fingerprint density at radius 1 is 1.32 bits per heavy atom. The van der Waals surface area contributed by atoms with E-state index in [1.807, 2.05) is 0 Å². The highest BCUT2D eigenvalue weighted by molar-refractivity contribution is 7.45. The van der Waals surface area contributed by atoms with Crippen LogP contribution in [-0.2, 0) is 4.74 Å². The van der Waals surface area contributed by atoms with E-state index in [2.05, 4.69) is 15.0 Å². The molecule has 2 aliphatic rings. The first kappa shape index (κ1) is 22.1. The first-order chi connectivity index (χ1) is 15.0. The molecule has 0 aromatic carbocycles. The Kier molecular flexibility index (Phi) is 6.81. The molecule has 0 amide bonds. The van der Waals surface area contributed by atoms with Crippen LogP contribution < -0.4 is 15.2 Å². The van der Waals surface area contributed by atoms with Gasteiger partial charge in [0.25, 0.3) is 11.5 Å². The van der Waals surface area contributed by atoms with E-state index in [9.17, 15) is 9.59 Å². The predicted octanol–water partition coefficient (Wildman–Crippen LogP) is 1.52. The first-order valence-corrected chi connectivity index (χ1v) is 11.9. The molecule has 10 nitrogen and oxygen atoms in total. The highest BCUT2D eigenvalue weighted by Crippen LogP contribution is 2.32. The summed E-state index contributed by atoms with van der Waals surface area (Å²) in [6, 6.07) is 1.80. The van der Waals surface area contributed by atoms with E-state index >= 15 is 0 Å². The molecule has 31 heavy (non-hydrogen) atoms. The first-order valence-electron chi connectivity index (χ1n) is 10.5. The maximum absolute atomic E-state index is 13.0. The molecular formula is C20H27N4O6P. The van der Waals surface area contributed by atoms with Gasteiger partial charge in [-0.05, 0) is 44.1 Å². The van der Waals surface area contributed by atoms with Gasteiger partial charge < -0.3 is 24.2 Å². The number of rotatable bonds is 6. The molecule has 4 heterocycles. The van der Waals surface area contributed by atoms with Crippen LogP contribution in [-0.4, -0.2) is 69.5 Å². The summed E-state index contributed by atoms with van der Waals surface area (Å²) >= 11 is 0. The molecule has 168 valence electrons. The molecule has 0 aliphatic carbocycles. The highest BCUT2D eigenvalue weighted by atomic mass is 31.2. The lowest BCUT2D eigenvalue weighted by molar-refractivity contribution is 0.0532. The van der Waals surface area contributed by atoms with Crippen LogP contribution in [0.25, 0.3) is 10.8 Å². The number of carbonyl (C=O) groups excluding carboxylic acids is 1. The van der Waals surface area contributed by atoms with Gasteiger partial charge >= 0.3 is 0 Å². The Morgan fingerprint density at radius 2 is 2.10 bits per heavy atom. The van der Waals surface area contributed by atoms with Gasteiger partial charge in [0.1, 0.15) is 17.3 Å². The van der Waals surface area contributed by atoms with Gasteiger partial charge in [-0.25, -0.2) is 0 Å². The molecule has 0 radical (unpaired) electrons. The number of fused-ring (bicyclic) bond motifs is 1. The lowest BCUT2D eigenvalue weighted by atomic mass is 9.94. The van der Waals surface area contributed by atoms with Crippen LogP contribution >= 0.6 is 8.38 Å². The van der Waals surface area contributed by atoms with Gasteiger partial charge in [-0.2, -0.15) is 14.8 Å². The zero-order chi connectivity index (χ0) is 22.0. The van der Waals surface area contributed by atoms with E-state index in [1.165, 1.54) is 13.3 Å². The molecule has 2 aromatic heterocycles. The second kappa shape index (κ2) is 9.56. The zero-order valence-electron chi connectivity index (χ0n) is 17.4. The summed E-state index contributed by atoms with van der Waals surface area (Å²) in [6.07, 6.45) is 5.33. The van der Waals surface area contributed by atoms with E-state index in [1.54, 1.807) is 6.07 Å². The van der Waals surface area contributed by atoms with E-state index in [-0.39, 0.29) is 11.3 Å². The molecular weight excluding hydrogens is 423 g/mol. The van der Waals surface area contributed by atoms with Crippen LogP contribution in [0, 0.1) is 5.92 Å². The molecule has 2 fully saturated rings. The lowest BCUT2D eigenvalue weighted by Crippen LogP contribution is -2.37. The van der Waals surface area contributed by atoms with Crippen LogP contribution in [0.4, 0.5) is 5.82 Å². The molecule has 0 saturated carbocycles. The second-order valence-corrected chi connectivity index (χ2v) is 9.16. The third-order valence-electron chi connectivity index (χ3n) is 6.00. The molecule has 4 rings (SSSR count). The van der Waals surface area contributed by atoms with Gasteiger partial charge in [-0.15, -0.1) is 0 Å². The summed E-state index contributed by atoms with van der Waals surface area (Å²) in [4.78, 5) is 50.6. The summed E-state index contributed by atoms with van der Waals surface area (Å²) in [5.41, 5.74) is -0.558. The van der Waals surface area contributed by atoms with E-state index in [0.29, 0.717) is 36.3 Å². The number of ether oxygens (including phenoxy) is 2. The third kappa shape index (κ3) is 4.72.